The number of rotatable bonds is 5. The normalized spacial score (nSPS) is 17.5. The molecule has 1 atom stereocenters. The highest BCUT2D eigenvalue weighted by molar-refractivity contribution is 6.03. The number of hydrogen-bond acceptors (Lipinski definition) is 5. The van der Waals surface area contributed by atoms with E-state index >= 15 is 0 Å². The molecule has 7 nitrogen and oxygen atoms in total. The van der Waals surface area contributed by atoms with Crippen molar-refractivity contribution in [3.05, 3.63) is 23.5 Å². The second kappa shape index (κ2) is 8.29. The van der Waals surface area contributed by atoms with E-state index in [9.17, 15) is 9.59 Å². The van der Waals surface area contributed by atoms with Crippen LogP contribution in [0, 0.1) is 5.92 Å². The third-order valence-corrected chi connectivity index (χ3v) is 5.22. The Morgan fingerprint density at radius 3 is 2.68 bits per heavy atom. The summed E-state index contributed by atoms with van der Waals surface area (Å²) < 4.78 is 7.20. The molecule has 1 fully saturated rings. The monoisotopic (exact) mass is 386 g/mol. The second-order valence-electron chi connectivity index (χ2n) is 8.33. The summed E-state index contributed by atoms with van der Waals surface area (Å²) in [6, 6.07) is 1.88. The van der Waals surface area contributed by atoms with Crippen LogP contribution in [0.4, 0.5) is 0 Å². The minimum atomic E-state index is -0.504. The first kappa shape index (κ1) is 20.3. The Balaban J connectivity index is 1.81. The Morgan fingerprint density at radius 2 is 2.04 bits per heavy atom. The molecule has 28 heavy (non-hydrogen) atoms. The number of hydrogen-bond donors (Lipinski definition) is 0. The summed E-state index contributed by atoms with van der Waals surface area (Å²) in [7, 11) is 0. The first-order valence-corrected chi connectivity index (χ1v) is 10.1. The molecule has 152 valence electrons. The molecule has 1 aliphatic rings. The molecule has 1 aliphatic heterocycles. The Labute approximate surface area is 166 Å². The van der Waals surface area contributed by atoms with Crippen LogP contribution in [0.5, 0.6) is 0 Å². The number of amides is 1. The Kier molecular flexibility index (Phi) is 6.01. The summed E-state index contributed by atoms with van der Waals surface area (Å²) in [6.45, 7) is 11.5. The van der Waals surface area contributed by atoms with Crippen molar-refractivity contribution in [3.63, 3.8) is 0 Å². The molecule has 3 heterocycles. The molecular formula is C21H30N4O3. The first-order chi connectivity index (χ1) is 13.3. The van der Waals surface area contributed by atoms with Crippen LogP contribution in [-0.4, -0.2) is 51.2 Å². The maximum absolute atomic E-state index is 12.8. The van der Waals surface area contributed by atoms with E-state index in [0.29, 0.717) is 22.5 Å². The van der Waals surface area contributed by atoms with Crippen molar-refractivity contribution in [2.45, 2.75) is 59.4 Å². The van der Waals surface area contributed by atoms with Crippen molar-refractivity contribution >= 4 is 22.9 Å². The summed E-state index contributed by atoms with van der Waals surface area (Å²) >= 11 is 0. The van der Waals surface area contributed by atoms with E-state index in [1.807, 2.05) is 27.7 Å². The smallest absolute Gasteiger partial charge is 0.339 e. The summed E-state index contributed by atoms with van der Waals surface area (Å²) in [4.78, 5) is 31.7. The van der Waals surface area contributed by atoms with Gasteiger partial charge in [0.05, 0.1) is 17.1 Å². The predicted octanol–water partition coefficient (Wildman–Crippen LogP) is 3.55. The zero-order chi connectivity index (χ0) is 20.4. The van der Waals surface area contributed by atoms with Gasteiger partial charge in [-0.25, -0.2) is 14.5 Å². The molecule has 1 saturated heterocycles. The predicted molar refractivity (Wildman–Crippen MR) is 107 cm³/mol. The highest BCUT2D eigenvalue weighted by Crippen LogP contribution is 2.25. The summed E-state index contributed by atoms with van der Waals surface area (Å²) in [5.41, 5.74) is 1.89. The van der Waals surface area contributed by atoms with Crippen LogP contribution in [0.15, 0.2) is 12.3 Å². The molecule has 1 amide bonds. The number of esters is 1. The highest BCUT2D eigenvalue weighted by atomic mass is 16.5. The third-order valence-electron chi connectivity index (χ3n) is 5.22. The van der Waals surface area contributed by atoms with Gasteiger partial charge in [0, 0.05) is 24.8 Å². The Bertz CT molecular complexity index is 872. The van der Waals surface area contributed by atoms with E-state index in [1.54, 1.807) is 21.8 Å². The number of ether oxygens (including phenoxy) is 1. The fourth-order valence-corrected chi connectivity index (χ4v) is 3.59. The summed E-state index contributed by atoms with van der Waals surface area (Å²) in [5, 5.41) is 5.04. The SMILES string of the molecule is CC(C)c1cc(C(=O)OCC(=O)N2CCC[C@@H](C)C2)c2cnn(C(C)C)c2n1. The van der Waals surface area contributed by atoms with Crippen molar-refractivity contribution in [1.82, 2.24) is 19.7 Å². The van der Waals surface area contributed by atoms with Crippen LogP contribution in [0.3, 0.4) is 0 Å². The molecule has 0 unspecified atom stereocenters. The number of fused-ring (bicyclic) bond motifs is 1. The van der Waals surface area contributed by atoms with Gasteiger partial charge in [-0.2, -0.15) is 5.10 Å². The Hall–Kier alpha value is -2.44. The number of likely N-dealkylation sites (tertiary alicyclic amines) is 1. The molecule has 2 aromatic heterocycles. The zero-order valence-electron chi connectivity index (χ0n) is 17.4. The average Bonchev–Trinajstić information content (AvgIpc) is 3.09. The van der Waals surface area contributed by atoms with Crippen LogP contribution in [0.1, 0.15) is 75.5 Å². The van der Waals surface area contributed by atoms with Crippen molar-refractivity contribution in [2.24, 2.45) is 5.92 Å². The van der Waals surface area contributed by atoms with E-state index < -0.39 is 5.97 Å². The molecule has 2 aromatic rings. The van der Waals surface area contributed by atoms with Crippen LogP contribution < -0.4 is 0 Å². The molecule has 0 N–H and O–H groups in total. The molecule has 0 radical (unpaired) electrons. The fraction of sp³-hybridized carbons (Fsp3) is 0.619. The third kappa shape index (κ3) is 4.18. The van der Waals surface area contributed by atoms with Crippen LogP contribution >= 0.6 is 0 Å². The maximum atomic E-state index is 12.8. The van der Waals surface area contributed by atoms with Crippen LogP contribution in [0.25, 0.3) is 11.0 Å². The van der Waals surface area contributed by atoms with Gasteiger partial charge in [-0.1, -0.05) is 20.8 Å². The van der Waals surface area contributed by atoms with Gasteiger partial charge in [0.15, 0.2) is 12.3 Å². The van der Waals surface area contributed by atoms with Gasteiger partial charge in [-0.05, 0) is 44.6 Å². The van der Waals surface area contributed by atoms with E-state index in [0.717, 1.165) is 31.6 Å². The topological polar surface area (TPSA) is 77.3 Å². The zero-order valence-corrected chi connectivity index (χ0v) is 17.4. The molecule has 7 heteroatoms. The fourth-order valence-electron chi connectivity index (χ4n) is 3.59. The van der Waals surface area contributed by atoms with Gasteiger partial charge in [-0.15, -0.1) is 0 Å². The first-order valence-electron chi connectivity index (χ1n) is 10.1. The standard InChI is InChI=1S/C21H30N4O3/c1-13(2)18-9-16(17-10-22-25(14(3)4)20(17)23-18)21(27)28-12-19(26)24-8-6-7-15(5)11-24/h9-10,13-15H,6-8,11-12H2,1-5H3/t15-/m1/s1. The van der Waals surface area contributed by atoms with E-state index in [-0.39, 0.29) is 24.5 Å². The second-order valence-corrected chi connectivity index (χ2v) is 8.33. The van der Waals surface area contributed by atoms with Gasteiger partial charge in [0.2, 0.25) is 0 Å². The van der Waals surface area contributed by atoms with E-state index in [1.165, 1.54) is 0 Å². The van der Waals surface area contributed by atoms with Crippen molar-refractivity contribution in [2.75, 3.05) is 19.7 Å². The number of piperidine rings is 1. The minimum absolute atomic E-state index is 0.124. The minimum Gasteiger partial charge on any atom is -0.452 e. The molecule has 0 aliphatic carbocycles. The van der Waals surface area contributed by atoms with E-state index in [4.69, 9.17) is 9.72 Å². The quantitative estimate of drug-likeness (QED) is 0.735. The molecule has 0 spiro atoms. The lowest BCUT2D eigenvalue weighted by atomic mass is 10.0. The number of pyridine rings is 1. The van der Waals surface area contributed by atoms with Crippen molar-refractivity contribution in [3.8, 4) is 0 Å². The Morgan fingerprint density at radius 1 is 1.29 bits per heavy atom. The molecule has 0 aromatic carbocycles. The van der Waals surface area contributed by atoms with Gasteiger partial charge in [-0.3, -0.25) is 4.79 Å². The molecule has 3 rings (SSSR count). The summed E-state index contributed by atoms with van der Waals surface area (Å²) in [6.07, 6.45) is 3.78. The van der Waals surface area contributed by atoms with Crippen LogP contribution in [-0.2, 0) is 9.53 Å². The summed E-state index contributed by atoms with van der Waals surface area (Å²) in [5.74, 6) is 0.00907. The van der Waals surface area contributed by atoms with Crippen molar-refractivity contribution < 1.29 is 14.3 Å². The molecular weight excluding hydrogens is 356 g/mol. The average molecular weight is 386 g/mol. The van der Waals surface area contributed by atoms with Crippen molar-refractivity contribution in [1.29, 1.82) is 0 Å². The molecule has 0 bridgehead atoms. The lowest BCUT2D eigenvalue weighted by molar-refractivity contribution is -0.136. The lowest BCUT2D eigenvalue weighted by Gasteiger charge is -2.30. The van der Waals surface area contributed by atoms with Gasteiger partial charge in [0.1, 0.15) is 0 Å². The largest absolute Gasteiger partial charge is 0.452 e. The van der Waals surface area contributed by atoms with E-state index in [2.05, 4.69) is 12.0 Å². The van der Waals surface area contributed by atoms with Gasteiger partial charge >= 0.3 is 5.97 Å². The highest BCUT2D eigenvalue weighted by Gasteiger charge is 2.24. The number of carbonyl (C=O) groups excluding carboxylic acids is 2. The molecule has 0 saturated carbocycles. The van der Waals surface area contributed by atoms with Gasteiger partial charge < -0.3 is 9.64 Å². The number of aromatic nitrogens is 3. The number of carbonyl (C=O) groups is 2. The maximum Gasteiger partial charge on any atom is 0.339 e. The number of nitrogens with zero attached hydrogens (tertiary/aromatic N) is 4. The van der Waals surface area contributed by atoms with Crippen LogP contribution in [0.2, 0.25) is 0 Å². The lowest BCUT2D eigenvalue weighted by Crippen LogP contribution is -2.41. The van der Waals surface area contributed by atoms with Gasteiger partial charge in [0.25, 0.3) is 5.91 Å².